The number of ether oxygens (including phenoxy) is 1. The third-order valence-electron chi connectivity index (χ3n) is 10.4. The highest BCUT2D eigenvalue weighted by Crippen LogP contribution is 2.44. The normalized spacial score (nSPS) is 16.0. The highest BCUT2D eigenvalue weighted by molar-refractivity contribution is 7.17. The largest absolute Gasteiger partial charge is 0.381 e. The Kier molecular flexibility index (Phi) is 8.84. The molecule has 5 aromatic rings. The Morgan fingerprint density at radius 3 is 2.38 bits per heavy atom. The molecule has 9 nitrogen and oxygen atoms in total. The van der Waals surface area contributed by atoms with Gasteiger partial charge in [0.1, 0.15) is 11.6 Å². The lowest BCUT2D eigenvalue weighted by Gasteiger charge is -2.53. The molecule has 2 saturated heterocycles. The first-order valence-corrected chi connectivity index (χ1v) is 18.3. The zero-order valence-corrected chi connectivity index (χ0v) is 29.8. The summed E-state index contributed by atoms with van der Waals surface area (Å²) in [7, 11) is 0. The maximum atomic E-state index is 14.2. The van der Waals surface area contributed by atoms with Gasteiger partial charge in [-0.1, -0.05) is 30.3 Å². The molecule has 0 bridgehead atoms. The molecule has 8 rings (SSSR count). The lowest BCUT2D eigenvalue weighted by Crippen LogP contribution is -2.59. The molecule has 2 N–H and O–H groups in total. The first-order chi connectivity index (χ1) is 25.2. The van der Waals surface area contributed by atoms with E-state index in [4.69, 9.17) is 9.72 Å². The summed E-state index contributed by atoms with van der Waals surface area (Å²) in [5, 5.41) is 5.70. The summed E-state index contributed by atoms with van der Waals surface area (Å²) in [4.78, 5) is 51.0. The maximum absolute atomic E-state index is 14.2. The number of aryl methyl sites for hydroxylation is 2. The lowest BCUT2D eigenvalue weighted by atomic mass is 9.73. The summed E-state index contributed by atoms with van der Waals surface area (Å²) in [6.45, 7) is 7.61. The van der Waals surface area contributed by atoms with Gasteiger partial charge in [-0.25, -0.2) is 9.37 Å². The summed E-state index contributed by atoms with van der Waals surface area (Å²) in [6, 6.07) is 24.4. The monoisotopic (exact) mass is 715 g/mol. The van der Waals surface area contributed by atoms with E-state index in [0.29, 0.717) is 40.5 Å². The second kappa shape index (κ2) is 13.6. The number of para-hydroxylation sites is 2. The molecule has 11 heteroatoms. The molecule has 1 spiro atoms. The van der Waals surface area contributed by atoms with E-state index >= 15 is 0 Å². The van der Waals surface area contributed by atoms with Crippen molar-refractivity contribution >= 4 is 51.9 Å². The molecule has 0 radical (unpaired) electrons. The van der Waals surface area contributed by atoms with Gasteiger partial charge in [0.2, 0.25) is 0 Å². The van der Waals surface area contributed by atoms with Gasteiger partial charge in [-0.15, -0.1) is 11.3 Å². The first-order valence-electron chi connectivity index (χ1n) is 17.5. The van der Waals surface area contributed by atoms with Crippen molar-refractivity contribution in [3.05, 3.63) is 124 Å². The molecule has 3 amide bonds. The number of hydrogen-bond acceptors (Lipinski definition) is 7. The van der Waals surface area contributed by atoms with Crippen molar-refractivity contribution in [2.45, 2.75) is 33.1 Å². The molecule has 0 unspecified atom stereocenters. The third kappa shape index (κ3) is 6.35. The van der Waals surface area contributed by atoms with Crippen LogP contribution < -0.4 is 20.4 Å². The number of anilines is 4. The minimum Gasteiger partial charge on any atom is -0.381 e. The summed E-state index contributed by atoms with van der Waals surface area (Å²) >= 11 is 1.33. The summed E-state index contributed by atoms with van der Waals surface area (Å²) in [6.07, 6.45) is 2.58. The molecule has 2 aromatic heterocycles. The summed E-state index contributed by atoms with van der Waals surface area (Å²) in [5.74, 6) is -0.585. The first kappa shape index (κ1) is 33.7. The SMILES string of the molecule is Cc1cc(C(=O)Nc2ccc(C(=O)N3CCc4cc(C(=O)Nc5ccccc5F)sc4-c4ccccc43)cc2)c(N2CC3(CCOCC3)C2)nc1C. The summed E-state index contributed by atoms with van der Waals surface area (Å²) in [5.41, 5.74) is 6.36. The molecular formula is C41H38FN5O4S. The van der Waals surface area contributed by atoms with Gasteiger partial charge in [0.05, 0.1) is 21.8 Å². The topological polar surface area (TPSA) is 104 Å². The molecule has 0 aliphatic carbocycles. The number of carbonyl (C=O) groups is 3. The Labute approximate surface area is 305 Å². The van der Waals surface area contributed by atoms with Crippen LogP contribution in [0.4, 0.5) is 27.3 Å². The van der Waals surface area contributed by atoms with E-state index in [2.05, 4.69) is 15.5 Å². The second-order valence-corrected chi connectivity index (χ2v) is 14.9. The van der Waals surface area contributed by atoms with Gasteiger partial charge in [0.15, 0.2) is 0 Å². The van der Waals surface area contributed by atoms with Gasteiger partial charge >= 0.3 is 0 Å². The van der Waals surface area contributed by atoms with Gasteiger partial charge in [-0.3, -0.25) is 14.4 Å². The molecule has 264 valence electrons. The Hall–Kier alpha value is -5.39. The zero-order chi connectivity index (χ0) is 36.0. The fourth-order valence-electron chi connectivity index (χ4n) is 7.35. The number of pyridine rings is 1. The van der Waals surface area contributed by atoms with Crippen molar-refractivity contribution in [1.82, 2.24) is 4.98 Å². The molecular weight excluding hydrogens is 678 g/mol. The number of fused-ring (bicyclic) bond motifs is 3. The van der Waals surface area contributed by atoms with Crippen LogP contribution in [-0.2, 0) is 11.2 Å². The van der Waals surface area contributed by atoms with Crippen LogP contribution in [0.1, 0.15) is 60.1 Å². The van der Waals surface area contributed by atoms with Gasteiger partial charge in [-0.05, 0) is 98.8 Å². The van der Waals surface area contributed by atoms with E-state index in [0.717, 1.165) is 72.1 Å². The minimum absolute atomic E-state index is 0.126. The number of aromatic nitrogens is 1. The van der Waals surface area contributed by atoms with Crippen LogP contribution in [0, 0.1) is 25.1 Å². The van der Waals surface area contributed by atoms with E-state index in [9.17, 15) is 18.8 Å². The number of nitrogens with one attached hydrogen (secondary N) is 2. The lowest BCUT2D eigenvalue weighted by molar-refractivity contribution is -0.000520. The van der Waals surface area contributed by atoms with E-state index in [1.54, 1.807) is 41.3 Å². The Morgan fingerprint density at radius 2 is 1.62 bits per heavy atom. The number of benzene rings is 3. The Morgan fingerprint density at radius 1 is 0.885 bits per heavy atom. The van der Waals surface area contributed by atoms with Crippen LogP contribution in [0.2, 0.25) is 0 Å². The van der Waals surface area contributed by atoms with Crippen LogP contribution in [0.25, 0.3) is 10.4 Å². The fraction of sp³-hybridized carbons (Fsp3) is 0.268. The van der Waals surface area contributed by atoms with Crippen LogP contribution in [0.3, 0.4) is 0 Å². The van der Waals surface area contributed by atoms with Gasteiger partial charge in [-0.2, -0.15) is 0 Å². The van der Waals surface area contributed by atoms with Gasteiger partial charge in [0, 0.05) is 65.6 Å². The van der Waals surface area contributed by atoms with E-state index < -0.39 is 5.82 Å². The molecule has 3 aliphatic heterocycles. The van der Waals surface area contributed by atoms with Crippen molar-refractivity contribution in [2.75, 3.05) is 53.3 Å². The van der Waals surface area contributed by atoms with Gasteiger partial charge in [0.25, 0.3) is 17.7 Å². The highest BCUT2D eigenvalue weighted by Gasteiger charge is 2.45. The smallest absolute Gasteiger partial charge is 0.265 e. The average molecular weight is 716 g/mol. The predicted molar refractivity (Wildman–Crippen MR) is 202 cm³/mol. The Balaban J connectivity index is 0.981. The number of thiophene rings is 1. The van der Waals surface area contributed by atoms with E-state index in [1.807, 2.05) is 50.2 Å². The second-order valence-electron chi connectivity index (χ2n) is 13.9. The molecule has 0 atom stereocenters. The quantitative estimate of drug-likeness (QED) is 0.185. The Bertz CT molecular complexity index is 2200. The number of nitrogens with zero attached hydrogens (tertiary/aromatic N) is 3. The standard InChI is InChI=1S/C41H38FN5O4S/c1-25-21-31(37(43-26(25)2)46-23-41(24-46)16-19-51-20-17-41)38(48)44-29-13-11-27(12-14-29)40(50)47-18-15-28-22-35(39(49)45-33-9-5-4-8-32(33)42)52-36(28)30-7-3-6-10-34(30)47/h3-14,21-22H,15-20,23-24H2,1-2H3,(H,44,48)(H,45,49). The number of rotatable bonds is 6. The third-order valence-corrected chi connectivity index (χ3v) is 11.6. The van der Waals surface area contributed by atoms with Crippen molar-refractivity contribution in [3.63, 3.8) is 0 Å². The molecule has 2 fully saturated rings. The highest BCUT2D eigenvalue weighted by atomic mass is 32.1. The van der Waals surface area contributed by atoms with Crippen LogP contribution >= 0.6 is 11.3 Å². The van der Waals surface area contributed by atoms with Crippen LogP contribution in [-0.4, -0.2) is 55.6 Å². The van der Waals surface area contributed by atoms with Crippen LogP contribution in [0.15, 0.2) is 84.9 Å². The number of carbonyl (C=O) groups excluding carboxylic acids is 3. The molecule has 3 aliphatic rings. The van der Waals surface area contributed by atoms with Crippen molar-refractivity contribution < 1.29 is 23.5 Å². The molecule has 5 heterocycles. The number of amides is 3. The molecule has 52 heavy (non-hydrogen) atoms. The number of hydrogen-bond donors (Lipinski definition) is 2. The average Bonchev–Trinajstić information content (AvgIpc) is 3.51. The van der Waals surface area contributed by atoms with Gasteiger partial charge < -0.3 is 25.2 Å². The zero-order valence-electron chi connectivity index (χ0n) is 29.0. The van der Waals surface area contributed by atoms with E-state index in [1.165, 1.54) is 23.5 Å². The van der Waals surface area contributed by atoms with Crippen LogP contribution in [0.5, 0.6) is 0 Å². The maximum Gasteiger partial charge on any atom is 0.265 e. The molecule has 0 saturated carbocycles. The fourth-order valence-corrected chi connectivity index (χ4v) is 8.49. The predicted octanol–water partition coefficient (Wildman–Crippen LogP) is 7.89. The number of halogens is 1. The van der Waals surface area contributed by atoms with Crippen molar-refractivity contribution in [3.8, 4) is 10.4 Å². The van der Waals surface area contributed by atoms with E-state index in [-0.39, 0.29) is 28.8 Å². The van der Waals surface area contributed by atoms with Crippen molar-refractivity contribution in [2.24, 2.45) is 5.41 Å². The van der Waals surface area contributed by atoms with Crippen molar-refractivity contribution in [1.29, 1.82) is 0 Å². The summed E-state index contributed by atoms with van der Waals surface area (Å²) < 4.78 is 19.8. The minimum atomic E-state index is -0.498. The molecule has 3 aromatic carbocycles.